The number of benzene rings is 2. The fraction of sp³-hybridized carbons (Fsp3) is 0.308. The van der Waals surface area contributed by atoms with Crippen LogP contribution in [-0.4, -0.2) is 39.6 Å². The average Bonchev–Trinajstić information content (AvgIpc) is 3.05. The van der Waals surface area contributed by atoms with Crippen LogP contribution in [0.4, 0.5) is 0 Å². The first-order valence-electron chi connectivity index (χ1n) is 10.9. The molecule has 1 aliphatic heterocycles. The second kappa shape index (κ2) is 8.94. The number of rotatable bonds is 5. The van der Waals surface area contributed by atoms with E-state index >= 15 is 0 Å². The van der Waals surface area contributed by atoms with Gasteiger partial charge in [0, 0.05) is 16.1 Å². The standard InChI is InChI=1S/C26H25ClN2O4/c1-15-7-9-18(10-8-15)23(30)17(3)28(24(31)19-11-13-20(27)14-12-19)29-25(32)21-6-4-5-16(2)22(21)26(29)33/h4-5,7-14,16-17,21-22H,6H2,1-3H3/t16-,17+,21-,22-/m1/s1. The highest BCUT2D eigenvalue weighted by atomic mass is 35.5. The van der Waals surface area contributed by atoms with Crippen LogP contribution in [0.25, 0.3) is 0 Å². The number of aryl methyl sites for hydroxylation is 1. The molecular formula is C26H25ClN2O4. The van der Waals surface area contributed by atoms with Crippen molar-refractivity contribution < 1.29 is 19.2 Å². The third-order valence-corrected chi connectivity index (χ3v) is 6.70. The van der Waals surface area contributed by atoms with Crippen molar-refractivity contribution >= 4 is 35.1 Å². The fourth-order valence-electron chi connectivity index (χ4n) is 4.58. The summed E-state index contributed by atoms with van der Waals surface area (Å²) in [6.45, 7) is 5.33. The van der Waals surface area contributed by atoms with Gasteiger partial charge in [0.2, 0.25) is 0 Å². The summed E-state index contributed by atoms with van der Waals surface area (Å²) in [5, 5.41) is 2.38. The molecule has 0 aromatic heterocycles. The lowest BCUT2D eigenvalue weighted by Gasteiger charge is -2.34. The van der Waals surface area contributed by atoms with E-state index in [1.54, 1.807) is 43.3 Å². The summed E-state index contributed by atoms with van der Waals surface area (Å²) in [5.41, 5.74) is 1.61. The van der Waals surface area contributed by atoms with Crippen LogP contribution in [-0.2, 0) is 9.59 Å². The number of ketones is 1. The lowest BCUT2D eigenvalue weighted by Crippen LogP contribution is -2.56. The Labute approximate surface area is 197 Å². The lowest BCUT2D eigenvalue weighted by molar-refractivity contribution is -0.156. The van der Waals surface area contributed by atoms with E-state index in [0.717, 1.165) is 15.6 Å². The molecule has 2 aliphatic rings. The molecule has 1 aliphatic carbocycles. The quantitative estimate of drug-likeness (QED) is 0.371. The normalized spacial score (nSPS) is 22.8. The summed E-state index contributed by atoms with van der Waals surface area (Å²) in [6.07, 6.45) is 4.24. The minimum atomic E-state index is -1.08. The molecule has 1 saturated heterocycles. The van der Waals surface area contributed by atoms with E-state index in [1.165, 1.54) is 12.1 Å². The van der Waals surface area contributed by atoms with Crippen molar-refractivity contribution in [3.8, 4) is 0 Å². The van der Waals surface area contributed by atoms with E-state index < -0.39 is 35.6 Å². The van der Waals surface area contributed by atoms with Gasteiger partial charge in [0.25, 0.3) is 17.7 Å². The molecule has 33 heavy (non-hydrogen) atoms. The van der Waals surface area contributed by atoms with Crippen LogP contribution >= 0.6 is 11.6 Å². The lowest BCUT2D eigenvalue weighted by atomic mass is 9.78. The smallest absolute Gasteiger partial charge is 0.273 e. The average molecular weight is 465 g/mol. The van der Waals surface area contributed by atoms with Gasteiger partial charge in [-0.25, -0.2) is 5.01 Å². The van der Waals surface area contributed by atoms with Gasteiger partial charge < -0.3 is 0 Å². The van der Waals surface area contributed by atoms with Crippen LogP contribution < -0.4 is 0 Å². The molecule has 0 bridgehead atoms. The SMILES string of the molecule is Cc1ccc(C(=O)[C@H](C)N(C(=O)c2ccc(Cl)cc2)N2C(=O)[C@@H]3[C@H](C)C=CC[C@H]3C2=O)cc1. The van der Waals surface area contributed by atoms with E-state index in [2.05, 4.69) is 0 Å². The maximum Gasteiger partial charge on any atom is 0.273 e. The van der Waals surface area contributed by atoms with E-state index in [1.807, 2.05) is 26.0 Å². The van der Waals surface area contributed by atoms with Crippen molar-refractivity contribution in [3.63, 3.8) is 0 Å². The van der Waals surface area contributed by atoms with Gasteiger partial charge in [0.1, 0.15) is 6.04 Å². The number of halogens is 1. The van der Waals surface area contributed by atoms with Crippen LogP contribution in [0, 0.1) is 24.7 Å². The number of hydrazine groups is 1. The van der Waals surface area contributed by atoms with E-state index in [-0.39, 0.29) is 17.3 Å². The number of allylic oxidation sites excluding steroid dienone is 2. The molecule has 7 heteroatoms. The van der Waals surface area contributed by atoms with Crippen LogP contribution in [0.15, 0.2) is 60.7 Å². The highest BCUT2D eigenvalue weighted by molar-refractivity contribution is 6.30. The van der Waals surface area contributed by atoms with Gasteiger partial charge in [-0.2, -0.15) is 5.01 Å². The molecular weight excluding hydrogens is 440 g/mol. The van der Waals surface area contributed by atoms with Crippen molar-refractivity contribution in [2.24, 2.45) is 17.8 Å². The first kappa shape index (κ1) is 22.9. The Kier molecular flexibility index (Phi) is 6.21. The highest BCUT2D eigenvalue weighted by Gasteiger charge is 2.54. The summed E-state index contributed by atoms with van der Waals surface area (Å²) in [5.74, 6) is -3.11. The molecule has 6 nitrogen and oxygen atoms in total. The first-order chi connectivity index (χ1) is 15.7. The second-order valence-corrected chi connectivity index (χ2v) is 9.14. The van der Waals surface area contributed by atoms with Gasteiger partial charge >= 0.3 is 0 Å². The van der Waals surface area contributed by atoms with Crippen molar-refractivity contribution in [2.45, 2.75) is 33.2 Å². The third-order valence-electron chi connectivity index (χ3n) is 6.45. The van der Waals surface area contributed by atoms with Crippen molar-refractivity contribution in [1.82, 2.24) is 10.0 Å². The monoisotopic (exact) mass is 464 g/mol. The zero-order valence-corrected chi connectivity index (χ0v) is 19.5. The largest absolute Gasteiger partial charge is 0.292 e. The van der Waals surface area contributed by atoms with Gasteiger partial charge in [-0.15, -0.1) is 0 Å². The van der Waals surface area contributed by atoms with Gasteiger partial charge in [0.05, 0.1) is 11.8 Å². The Morgan fingerprint density at radius 2 is 1.61 bits per heavy atom. The van der Waals surface area contributed by atoms with Gasteiger partial charge in [-0.3, -0.25) is 19.2 Å². The van der Waals surface area contributed by atoms with Crippen LogP contribution in [0.3, 0.4) is 0 Å². The topological polar surface area (TPSA) is 74.8 Å². The zero-order valence-electron chi connectivity index (χ0n) is 18.7. The Morgan fingerprint density at radius 1 is 1.00 bits per heavy atom. The van der Waals surface area contributed by atoms with Crippen LogP contribution in [0.2, 0.25) is 5.02 Å². The number of amides is 3. The summed E-state index contributed by atoms with van der Waals surface area (Å²) < 4.78 is 0. The molecule has 2 aromatic carbocycles. The summed E-state index contributed by atoms with van der Waals surface area (Å²) in [7, 11) is 0. The number of carbonyl (C=O) groups is 4. The van der Waals surface area contributed by atoms with Crippen molar-refractivity contribution in [3.05, 3.63) is 82.4 Å². The van der Waals surface area contributed by atoms with Gasteiger partial charge in [-0.1, -0.05) is 60.5 Å². The maximum atomic E-state index is 13.6. The molecule has 2 aromatic rings. The van der Waals surface area contributed by atoms with Crippen LogP contribution in [0.5, 0.6) is 0 Å². The van der Waals surface area contributed by atoms with Crippen LogP contribution in [0.1, 0.15) is 46.5 Å². The van der Waals surface area contributed by atoms with Crippen molar-refractivity contribution in [2.75, 3.05) is 0 Å². The molecule has 0 saturated carbocycles. The Morgan fingerprint density at radius 3 is 2.21 bits per heavy atom. The second-order valence-electron chi connectivity index (χ2n) is 8.71. The van der Waals surface area contributed by atoms with Gasteiger partial charge in [-0.05, 0) is 50.5 Å². The maximum absolute atomic E-state index is 13.6. The number of fused-ring (bicyclic) bond motifs is 1. The number of carbonyl (C=O) groups excluding carboxylic acids is 4. The molecule has 170 valence electrons. The fourth-order valence-corrected chi connectivity index (χ4v) is 4.70. The summed E-state index contributed by atoms with van der Waals surface area (Å²) >= 11 is 5.97. The minimum Gasteiger partial charge on any atom is -0.292 e. The molecule has 0 spiro atoms. The van der Waals surface area contributed by atoms with E-state index in [0.29, 0.717) is 17.0 Å². The number of Topliss-reactive ketones (excluding diaryl/α,β-unsaturated/α-hetero) is 1. The van der Waals surface area contributed by atoms with Crippen molar-refractivity contribution in [1.29, 1.82) is 0 Å². The molecule has 0 radical (unpaired) electrons. The molecule has 4 rings (SSSR count). The molecule has 0 unspecified atom stereocenters. The minimum absolute atomic E-state index is 0.138. The molecule has 1 fully saturated rings. The summed E-state index contributed by atoms with van der Waals surface area (Å²) in [6, 6.07) is 12.0. The third kappa shape index (κ3) is 4.11. The number of hydrogen-bond acceptors (Lipinski definition) is 4. The molecule has 1 heterocycles. The first-order valence-corrected chi connectivity index (χ1v) is 11.3. The Hall–Kier alpha value is -3.25. The predicted molar refractivity (Wildman–Crippen MR) is 124 cm³/mol. The Bertz CT molecular complexity index is 1140. The number of nitrogens with zero attached hydrogens (tertiary/aromatic N) is 2. The van der Waals surface area contributed by atoms with E-state index in [4.69, 9.17) is 11.6 Å². The van der Waals surface area contributed by atoms with E-state index in [9.17, 15) is 19.2 Å². The molecule has 0 N–H and O–H groups in total. The predicted octanol–water partition coefficient (Wildman–Crippen LogP) is 4.47. The Balaban J connectivity index is 1.76. The zero-order chi connectivity index (χ0) is 23.9. The highest BCUT2D eigenvalue weighted by Crippen LogP contribution is 2.40. The summed E-state index contributed by atoms with van der Waals surface area (Å²) in [4.78, 5) is 53.8. The van der Waals surface area contributed by atoms with Gasteiger partial charge in [0.15, 0.2) is 5.78 Å². The molecule has 3 amide bonds. The number of imide groups is 1. The number of hydrogen-bond donors (Lipinski definition) is 0. The molecule has 4 atom stereocenters.